The summed E-state index contributed by atoms with van der Waals surface area (Å²) < 4.78 is 11.3. The van der Waals surface area contributed by atoms with Gasteiger partial charge in [-0.1, -0.05) is 18.2 Å². The van der Waals surface area contributed by atoms with Crippen LogP contribution in [-0.4, -0.2) is 48.6 Å². The number of para-hydroxylation sites is 1. The number of anilines is 1. The van der Waals surface area contributed by atoms with Crippen molar-refractivity contribution in [1.29, 1.82) is 0 Å². The summed E-state index contributed by atoms with van der Waals surface area (Å²) in [6.07, 6.45) is 3.88. The number of furan rings is 1. The average Bonchev–Trinajstić information content (AvgIpc) is 3.14. The second-order valence-corrected chi connectivity index (χ2v) is 6.91. The molecule has 4 rings (SSSR count). The Morgan fingerprint density at radius 2 is 1.88 bits per heavy atom. The van der Waals surface area contributed by atoms with E-state index in [0.29, 0.717) is 31.8 Å². The molecule has 136 valence electrons. The summed E-state index contributed by atoms with van der Waals surface area (Å²) in [5.41, 5.74) is 0.495. The molecule has 6 nitrogen and oxygen atoms in total. The van der Waals surface area contributed by atoms with Crippen molar-refractivity contribution in [3.05, 3.63) is 54.5 Å². The minimum absolute atomic E-state index is 0.0189. The molecule has 3 heterocycles. The molecule has 2 saturated heterocycles. The first-order valence-electron chi connectivity index (χ1n) is 8.99. The number of nitrogens with zero attached hydrogens (tertiary/aromatic N) is 2. The molecule has 0 aliphatic carbocycles. The van der Waals surface area contributed by atoms with Crippen LogP contribution in [0.25, 0.3) is 0 Å². The molecule has 2 aliphatic heterocycles. The Kier molecular flexibility index (Phi) is 4.51. The van der Waals surface area contributed by atoms with Crippen molar-refractivity contribution in [3.63, 3.8) is 0 Å². The van der Waals surface area contributed by atoms with Crippen LogP contribution in [0.5, 0.6) is 0 Å². The molecular weight excluding hydrogens is 332 g/mol. The molecule has 2 amide bonds. The molecule has 0 N–H and O–H groups in total. The van der Waals surface area contributed by atoms with E-state index < -0.39 is 5.60 Å². The quantitative estimate of drug-likeness (QED) is 0.832. The predicted molar refractivity (Wildman–Crippen MR) is 95.9 cm³/mol. The predicted octanol–water partition coefficient (Wildman–Crippen LogP) is 2.71. The molecule has 0 saturated carbocycles. The zero-order chi connectivity index (χ0) is 18.0. The third kappa shape index (κ3) is 3.24. The highest BCUT2D eigenvalue weighted by Crippen LogP contribution is 2.33. The molecule has 1 unspecified atom stereocenters. The summed E-state index contributed by atoms with van der Waals surface area (Å²) in [7, 11) is 0. The van der Waals surface area contributed by atoms with Crippen LogP contribution in [0.1, 0.15) is 29.8 Å². The first-order valence-corrected chi connectivity index (χ1v) is 8.99. The van der Waals surface area contributed by atoms with Crippen molar-refractivity contribution < 1.29 is 18.7 Å². The Bertz CT molecular complexity index is 774. The number of hydrogen-bond donors (Lipinski definition) is 0. The fourth-order valence-corrected chi connectivity index (χ4v) is 3.79. The van der Waals surface area contributed by atoms with Crippen molar-refractivity contribution in [2.45, 2.75) is 24.9 Å². The fraction of sp³-hybridized carbons (Fsp3) is 0.400. The molecule has 1 spiro atoms. The standard InChI is InChI=1S/C20H22N2O4/c23-18-14-26-20(15-22(18)16-6-2-1-3-7-16)9-5-11-21(12-10-20)19(24)17-8-4-13-25-17/h1-4,6-8,13H,5,9-12,14-15H2. The van der Waals surface area contributed by atoms with Gasteiger partial charge in [-0.25, -0.2) is 0 Å². The van der Waals surface area contributed by atoms with E-state index in [4.69, 9.17) is 9.15 Å². The van der Waals surface area contributed by atoms with Gasteiger partial charge in [-0.05, 0) is 43.5 Å². The monoisotopic (exact) mass is 354 g/mol. The average molecular weight is 354 g/mol. The molecule has 6 heteroatoms. The minimum Gasteiger partial charge on any atom is -0.459 e. The molecule has 0 bridgehead atoms. The third-order valence-electron chi connectivity index (χ3n) is 5.23. The lowest BCUT2D eigenvalue weighted by Gasteiger charge is -2.42. The maximum Gasteiger partial charge on any atom is 0.289 e. The van der Waals surface area contributed by atoms with Gasteiger partial charge in [0.25, 0.3) is 11.8 Å². The van der Waals surface area contributed by atoms with E-state index in [9.17, 15) is 9.59 Å². The molecule has 1 atom stereocenters. The molecule has 1 aromatic heterocycles. The summed E-state index contributed by atoms with van der Waals surface area (Å²) in [6, 6.07) is 13.1. The number of amides is 2. The maximum absolute atomic E-state index is 12.5. The Morgan fingerprint density at radius 1 is 1.04 bits per heavy atom. The highest BCUT2D eigenvalue weighted by Gasteiger charge is 2.42. The second kappa shape index (κ2) is 6.96. The van der Waals surface area contributed by atoms with Crippen LogP contribution in [0.4, 0.5) is 5.69 Å². The summed E-state index contributed by atoms with van der Waals surface area (Å²) >= 11 is 0. The van der Waals surface area contributed by atoms with Gasteiger partial charge in [0, 0.05) is 18.8 Å². The van der Waals surface area contributed by atoms with Crippen LogP contribution in [0.2, 0.25) is 0 Å². The number of benzene rings is 1. The van der Waals surface area contributed by atoms with Crippen LogP contribution in [0.3, 0.4) is 0 Å². The van der Waals surface area contributed by atoms with E-state index in [1.165, 1.54) is 6.26 Å². The highest BCUT2D eigenvalue weighted by atomic mass is 16.5. The van der Waals surface area contributed by atoms with Gasteiger partial charge in [0.05, 0.1) is 18.4 Å². The number of carbonyl (C=O) groups is 2. The van der Waals surface area contributed by atoms with Crippen LogP contribution in [-0.2, 0) is 9.53 Å². The Labute approximate surface area is 152 Å². The summed E-state index contributed by atoms with van der Waals surface area (Å²) in [4.78, 5) is 28.5. The van der Waals surface area contributed by atoms with Gasteiger partial charge in [0.1, 0.15) is 6.61 Å². The molecule has 26 heavy (non-hydrogen) atoms. The molecule has 1 aromatic carbocycles. The SMILES string of the molecule is O=C(c1ccco1)N1CCCC2(CC1)CN(c1ccccc1)C(=O)CO2. The van der Waals surface area contributed by atoms with E-state index in [-0.39, 0.29) is 18.4 Å². The molecule has 0 radical (unpaired) electrons. The largest absolute Gasteiger partial charge is 0.459 e. The number of morpholine rings is 1. The van der Waals surface area contributed by atoms with Crippen molar-refractivity contribution in [3.8, 4) is 0 Å². The van der Waals surface area contributed by atoms with Gasteiger partial charge in [0.2, 0.25) is 0 Å². The van der Waals surface area contributed by atoms with Gasteiger partial charge in [-0.3, -0.25) is 9.59 Å². The van der Waals surface area contributed by atoms with E-state index in [2.05, 4.69) is 0 Å². The Hall–Kier alpha value is -2.60. The van der Waals surface area contributed by atoms with E-state index >= 15 is 0 Å². The fourth-order valence-electron chi connectivity index (χ4n) is 3.79. The van der Waals surface area contributed by atoms with Crippen LogP contribution in [0, 0.1) is 0 Å². The first kappa shape index (κ1) is 16.8. The van der Waals surface area contributed by atoms with Crippen molar-refractivity contribution >= 4 is 17.5 Å². The number of likely N-dealkylation sites (tertiary alicyclic amines) is 1. The van der Waals surface area contributed by atoms with Crippen molar-refractivity contribution in [2.75, 3.05) is 31.1 Å². The van der Waals surface area contributed by atoms with Crippen molar-refractivity contribution in [2.24, 2.45) is 0 Å². The molecule has 2 fully saturated rings. The Balaban J connectivity index is 1.49. The van der Waals surface area contributed by atoms with Crippen LogP contribution < -0.4 is 4.90 Å². The lowest BCUT2D eigenvalue weighted by atomic mass is 9.92. The number of hydrogen-bond acceptors (Lipinski definition) is 4. The number of carbonyl (C=O) groups excluding carboxylic acids is 2. The second-order valence-electron chi connectivity index (χ2n) is 6.91. The molecule has 2 aromatic rings. The minimum atomic E-state index is -0.401. The van der Waals surface area contributed by atoms with E-state index in [1.54, 1.807) is 12.1 Å². The summed E-state index contributed by atoms with van der Waals surface area (Å²) in [5, 5.41) is 0. The number of rotatable bonds is 2. The molecular formula is C20H22N2O4. The molecule has 2 aliphatic rings. The lowest BCUT2D eigenvalue weighted by Crippen LogP contribution is -2.55. The first-order chi connectivity index (χ1) is 12.7. The lowest BCUT2D eigenvalue weighted by molar-refractivity contribution is -0.140. The van der Waals surface area contributed by atoms with Crippen LogP contribution in [0.15, 0.2) is 53.1 Å². The Morgan fingerprint density at radius 3 is 2.65 bits per heavy atom. The zero-order valence-corrected chi connectivity index (χ0v) is 14.6. The van der Waals surface area contributed by atoms with Gasteiger partial charge in [0.15, 0.2) is 5.76 Å². The maximum atomic E-state index is 12.5. The van der Waals surface area contributed by atoms with Gasteiger partial charge in [-0.2, -0.15) is 0 Å². The highest BCUT2D eigenvalue weighted by molar-refractivity contribution is 5.95. The van der Waals surface area contributed by atoms with Gasteiger partial charge < -0.3 is 19.0 Å². The van der Waals surface area contributed by atoms with Gasteiger partial charge >= 0.3 is 0 Å². The smallest absolute Gasteiger partial charge is 0.289 e. The number of ether oxygens (including phenoxy) is 1. The summed E-state index contributed by atoms with van der Waals surface area (Å²) in [5.74, 6) is 0.264. The van der Waals surface area contributed by atoms with Gasteiger partial charge in [-0.15, -0.1) is 0 Å². The normalized spacial score (nSPS) is 23.9. The third-order valence-corrected chi connectivity index (χ3v) is 5.23. The van der Waals surface area contributed by atoms with Crippen molar-refractivity contribution in [1.82, 2.24) is 4.90 Å². The zero-order valence-electron chi connectivity index (χ0n) is 14.6. The summed E-state index contributed by atoms with van der Waals surface area (Å²) in [6.45, 7) is 1.87. The van der Waals surface area contributed by atoms with E-state index in [0.717, 1.165) is 18.5 Å². The van der Waals surface area contributed by atoms with Crippen LogP contribution >= 0.6 is 0 Å². The topological polar surface area (TPSA) is 63.0 Å². The van der Waals surface area contributed by atoms with E-state index in [1.807, 2.05) is 40.1 Å².